The van der Waals surface area contributed by atoms with E-state index in [9.17, 15) is 0 Å². The molecule has 0 aliphatic carbocycles. The van der Waals surface area contributed by atoms with Crippen LogP contribution >= 0.6 is 0 Å². The molecular weight excluding hydrogens is 394 g/mol. The maximum Gasteiger partial charge on any atom is 0 e. The summed E-state index contributed by atoms with van der Waals surface area (Å²) in [6.45, 7) is 0. The van der Waals surface area contributed by atoms with Crippen LogP contribution in [0.3, 0.4) is 0 Å². The van der Waals surface area contributed by atoms with Crippen molar-refractivity contribution in [3.8, 4) is 0 Å². The zero-order valence-electron chi connectivity index (χ0n) is 1.71. The summed E-state index contributed by atoms with van der Waals surface area (Å²) in [5.74, 6) is 0. The van der Waals surface area contributed by atoms with Crippen LogP contribution in [0.2, 0.25) is 0 Å². The van der Waals surface area contributed by atoms with Crippen molar-refractivity contribution in [1.29, 1.82) is 0 Å². The molecule has 0 aliphatic heterocycles. The minimum absolute atomic E-state index is 0. The van der Waals surface area contributed by atoms with Gasteiger partial charge in [0.05, 0.1) is 0 Å². The van der Waals surface area contributed by atoms with E-state index in [2.05, 4.69) is 0 Å². The summed E-state index contributed by atoms with van der Waals surface area (Å²) < 4.78 is 0. The Morgan fingerprint density at radius 1 is 0.400 bits per heavy atom. The van der Waals surface area contributed by atoms with Gasteiger partial charge in [-0.05, 0) is 0 Å². The molecule has 0 N–H and O–H groups in total. The van der Waals surface area contributed by atoms with Gasteiger partial charge in [0.2, 0.25) is 0 Å². The van der Waals surface area contributed by atoms with E-state index in [0.29, 0.717) is 0 Å². The Balaban J connectivity index is 0. The van der Waals surface area contributed by atoms with Crippen LogP contribution < -0.4 is 0 Å². The van der Waals surface area contributed by atoms with Crippen LogP contribution in [0.5, 0.6) is 0 Å². The Morgan fingerprint density at radius 2 is 0.400 bits per heavy atom. The Labute approximate surface area is 108 Å². The molecule has 0 bridgehead atoms. The van der Waals surface area contributed by atoms with E-state index in [1.807, 2.05) is 0 Å². The van der Waals surface area contributed by atoms with E-state index in [1.54, 1.807) is 0 Å². The summed E-state index contributed by atoms with van der Waals surface area (Å²) in [6.07, 6.45) is 0. The molecule has 5 heteroatoms. The van der Waals surface area contributed by atoms with E-state index in [1.165, 1.54) is 0 Å². The average molecular weight is 394 g/mol. The number of rotatable bonds is 0. The fourth-order valence-electron chi connectivity index (χ4n) is 0. The summed E-state index contributed by atoms with van der Waals surface area (Å²) in [7, 11) is 0. The summed E-state index contributed by atoms with van der Waals surface area (Å²) in [5, 5.41) is 0. The molecule has 48 valence electrons. The van der Waals surface area contributed by atoms with Gasteiger partial charge < -0.3 is 0 Å². The minimum Gasteiger partial charge on any atom is 0 e. The van der Waals surface area contributed by atoms with E-state index in [4.69, 9.17) is 0 Å². The zero-order chi connectivity index (χ0) is 0. The second-order valence-electron chi connectivity index (χ2n) is 0. The van der Waals surface area contributed by atoms with Crippen LogP contribution in [-0.2, 0) is 68.3 Å². The van der Waals surface area contributed by atoms with Crippen LogP contribution in [0, 0.1) is 41.7 Å². The Bertz CT molecular complexity index is 3.61. The van der Waals surface area contributed by atoms with Crippen LogP contribution in [0.4, 0.5) is 0 Å². The monoisotopic (exact) mass is 392 g/mol. The van der Waals surface area contributed by atoms with Crippen molar-refractivity contribution in [3.63, 3.8) is 0 Å². The van der Waals surface area contributed by atoms with Gasteiger partial charge in [-0.2, -0.15) is 0 Å². The van der Waals surface area contributed by atoms with Gasteiger partial charge >= 0.3 is 0 Å². The summed E-state index contributed by atoms with van der Waals surface area (Å²) in [6, 6.07) is 0. The van der Waals surface area contributed by atoms with Crippen molar-refractivity contribution in [2.45, 2.75) is 0 Å². The van der Waals surface area contributed by atoms with Gasteiger partial charge in [0.1, 0.15) is 0 Å². The Kier molecular flexibility index (Phi) is 205. The normalized spacial score (nSPS) is 0. The topological polar surface area (TPSA) is 0 Å². The predicted octanol–water partition coefficient (Wildman–Crippen LogP) is -0.0100. The van der Waals surface area contributed by atoms with Crippen molar-refractivity contribution in [2.24, 2.45) is 0 Å². The van der Waals surface area contributed by atoms with Crippen molar-refractivity contribution >= 4 is 0 Å². The van der Waals surface area contributed by atoms with Crippen molar-refractivity contribution in [3.05, 3.63) is 0 Å². The molecule has 0 unspecified atom stereocenters. The molecule has 0 aliphatic rings. The van der Waals surface area contributed by atoms with Crippen molar-refractivity contribution in [1.82, 2.24) is 0 Å². The molecule has 0 nitrogen and oxygen atoms in total. The Hall–Kier alpha value is 3.45. The van der Waals surface area contributed by atoms with Gasteiger partial charge in [0, 0.05) is 110 Å². The molecule has 0 spiro atoms. The summed E-state index contributed by atoms with van der Waals surface area (Å²) in [4.78, 5) is 0. The molecule has 0 fully saturated rings. The molecule has 0 rings (SSSR count). The van der Waals surface area contributed by atoms with Crippen molar-refractivity contribution < 1.29 is 110 Å². The first-order valence-electron chi connectivity index (χ1n) is 0. The molecule has 0 aromatic rings. The molecule has 0 atom stereocenters. The summed E-state index contributed by atoms with van der Waals surface area (Å²) in [5.41, 5.74) is 0. The van der Waals surface area contributed by atoms with Crippen LogP contribution in [0.25, 0.3) is 0 Å². The van der Waals surface area contributed by atoms with Gasteiger partial charge in [-0.25, -0.2) is 0 Å². The zero-order valence-corrected chi connectivity index (χ0v) is 8.61. The third-order valence-electron chi connectivity index (χ3n) is 0. The first kappa shape index (κ1) is 39.4. The quantitative estimate of drug-likeness (QED) is 0.508. The number of hydrogen-bond acceptors (Lipinski definition) is 0. The molecule has 4 radical (unpaired) electrons. The largest absolute Gasteiger partial charge is 0 e. The van der Waals surface area contributed by atoms with E-state index in [-0.39, 0.29) is 110 Å². The maximum atomic E-state index is 0. The van der Waals surface area contributed by atoms with Crippen LogP contribution in [0.1, 0.15) is 0 Å². The third-order valence-corrected chi connectivity index (χ3v) is 0. The van der Waals surface area contributed by atoms with Gasteiger partial charge in [0.15, 0.2) is 0 Å². The van der Waals surface area contributed by atoms with Crippen molar-refractivity contribution in [2.75, 3.05) is 0 Å². The maximum absolute atomic E-state index is 0. The molecule has 5 heavy (non-hydrogen) atoms. The van der Waals surface area contributed by atoms with E-state index >= 15 is 0 Å². The Morgan fingerprint density at radius 3 is 0.400 bits per heavy atom. The van der Waals surface area contributed by atoms with Crippen LogP contribution in [-0.4, -0.2) is 0 Å². The molecule has 0 saturated carbocycles. The first-order valence-corrected chi connectivity index (χ1v) is 0. The molecule has 0 heterocycles. The second-order valence-corrected chi connectivity index (χ2v) is 0. The standard InChI is InChI=1S/Ce.4Cu. The molecule has 0 saturated heterocycles. The smallest absolute Gasteiger partial charge is 0 e. The SMILES string of the molecule is [Ce].[Cu].[Cu].[Cu].[Cu]. The fourth-order valence-corrected chi connectivity index (χ4v) is 0. The molecular formula is CeCu4. The van der Waals surface area contributed by atoms with Gasteiger partial charge in [-0.3, -0.25) is 0 Å². The average Bonchev–Trinajstić information content (AvgIpc) is 0. The minimum atomic E-state index is 0. The van der Waals surface area contributed by atoms with Gasteiger partial charge in [-0.1, -0.05) is 0 Å². The van der Waals surface area contributed by atoms with Gasteiger partial charge in [0.25, 0.3) is 0 Å². The molecule has 0 aromatic carbocycles. The van der Waals surface area contributed by atoms with Crippen LogP contribution in [0.15, 0.2) is 0 Å². The van der Waals surface area contributed by atoms with E-state index in [0.717, 1.165) is 0 Å². The molecule has 0 amide bonds. The third kappa shape index (κ3) is 18.6. The summed E-state index contributed by atoms with van der Waals surface area (Å²) >= 11 is 0. The predicted molar refractivity (Wildman–Crippen MR) is 0 cm³/mol. The van der Waals surface area contributed by atoms with E-state index < -0.39 is 0 Å². The molecule has 0 aromatic heterocycles. The first-order chi connectivity index (χ1) is 0. The number of hydrogen-bond donors (Lipinski definition) is 0. The second kappa shape index (κ2) is 26.0. The fraction of sp³-hybridized carbons (Fsp3) is 0. The van der Waals surface area contributed by atoms with Gasteiger partial charge in [-0.15, -0.1) is 0 Å².